The smallest absolute Gasteiger partial charge is 0.493 e. The summed E-state index contributed by atoms with van der Waals surface area (Å²) in [6, 6.07) is 3.20. The van der Waals surface area contributed by atoms with E-state index in [9.17, 15) is 13.2 Å². The van der Waals surface area contributed by atoms with Crippen LogP contribution in [0.5, 0.6) is 17.2 Å². The Bertz CT molecular complexity index is 578. The van der Waals surface area contributed by atoms with Crippen molar-refractivity contribution in [1.82, 2.24) is 0 Å². The zero-order valence-electron chi connectivity index (χ0n) is 14.5. The van der Waals surface area contributed by atoms with Gasteiger partial charge in [-0.05, 0) is 50.2 Å². The number of rotatable bonds is 8. The lowest BCUT2D eigenvalue weighted by atomic mass is 9.83. The molecule has 2 saturated carbocycles. The van der Waals surface area contributed by atoms with Crippen molar-refractivity contribution < 1.29 is 27.4 Å². The standard InChI is InChI=1S/C19H25F3O3/c1-13-16(24-12-15-6-3-7-15)8-9-17(18(13)25-19(20,21)22)23-11-10-14-4-2-5-14/h8-9,14-15H,2-7,10-12H2,1H3. The van der Waals surface area contributed by atoms with Crippen LogP contribution in [0.25, 0.3) is 0 Å². The number of halogens is 3. The first-order valence-corrected chi connectivity index (χ1v) is 9.07. The van der Waals surface area contributed by atoms with Crippen LogP contribution >= 0.6 is 0 Å². The Morgan fingerprint density at radius 3 is 2.16 bits per heavy atom. The van der Waals surface area contributed by atoms with E-state index in [0.717, 1.165) is 19.3 Å². The summed E-state index contributed by atoms with van der Waals surface area (Å²) in [5, 5.41) is 0. The van der Waals surface area contributed by atoms with Gasteiger partial charge in [0, 0.05) is 5.56 Å². The summed E-state index contributed by atoms with van der Waals surface area (Å²) in [6.45, 7) is 2.52. The van der Waals surface area contributed by atoms with Crippen LogP contribution in [0.2, 0.25) is 0 Å². The van der Waals surface area contributed by atoms with Crippen LogP contribution in [0.1, 0.15) is 50.5 Å². The van der Waals surface area contributed by atoms with E-state index in [4.69, 9.17) is 9.47 Å². The second-order valence-electron chi connectivity index (χ2n) is 7.11. The highest BCUT2D eigenvalue weighted by Gasteiger charge is 2.34. The third-order valence-corrected chi connectivity index (χ3v) is 5.25. The molecule has 140 valence electrons. The molecule has 0 amide bonds. The molecule has 0 saturated heterocycles. The molecule has 0 atom stereocenters. The van der Waals surface area contributed by atoms with E-state index in [1.165, 1.54) is 31.7 Å². The average Bonchev–Trinajstić information content (AvgIpc) is 2.44. The highest BCUT2D eigenvalue weighted by molar-refractivity contribution is 5.53. The van der Waals surface area contributed by atoms with Crippen LogP contribution < -0.4 is 14.2 Å². The topological polar surface area (TPSA) is 27.7 Å². The summed E-state index contributed by atoms with van der Waals surface area (Å²) in [5.74, 6) is 1.41. The minimum atomic E-state index is -4.76. The van der Waals surface area contributed by atoms with Crippen molar-refractivity contribution in [3.8, 4) is 17.2 Å². The van der Waals surface area contributed by atoms with Crippen LogP contribution in [0, 0.1) is 18.8 Å². The number of benzene rings is 1. The zero-order chi connectivity index (χ0) is 17.9. The second kappa shape index (κ2) is 7.75. The minimum absolute atomic E-state index is 0.130. The normalized spacial score (nSPS) is 18.4. The highest BCUT2D eigenvalue weighted by atomic mass is 19.4. The van der Waals surface area contributed by atoms with Crippen LogP contribution in [-0.4, -0.2) is 19.6 Å². The van der Waals surface area contributed by atoms with Crippen LogP contribution in [-0.2, 0) is 0 Å². The number of hydrogen-bond acceptors (Lipinski definition) is 3. The maximum absolute atomic E-state index is 12.8. The molecule has 2 fully saturated rings. The lowest BCUT2D eigenvalue weighted by Crippen LogP contribution is -2.21. The molecule has 0 aromatic heterocycles. The Morgan fingerprint density at radius 1 is 0.960 bits per heavy atom. The molecule has 0 spiro atoms. The molecule has 2 aliphatic carbocycles. The van der Waals surface area contributed by atoms with E-state index in [1.807, 2.05) is 0 Å². The van der Waals surface area contributed by atoms with Gasteiger partial charge in [0.15, 0.2) is 11.5 Å². The van der Waals surface area contributed by atoms with E-state index in [-0.39, 0.29) is 11.5 Å². The molecule has 0 N–H and O–H groups in total. The highest BCUT2D eigenvalue weighted by Crippen LogP contribution is 2.41. The molecule has 25 heavy (non-hydrogen) atoms. The van der Waals surface area contributed by atoms with E-state index in [0.29, 0.717) is 36.4 Å². The fourth-order valence-corrected chi connectivity index (χ4v) is 3.15. The number of alkyl halides is 3. The van der Waals surface area contributed by atoms with E-state index < -0.39 is 6.36 Å². The predicted molar refractivity (Wildman–Crippen MR) is 88.2 cm³/mol. The van der Waals surface area contributed by atoms with Crippen molar-refractivity contribution in [1.29, 1.82) is 0 Å². The molecule has 3 nitrogen and oxygen atoms in total. The van der Waals surface area contributed by atoms with Crippen molar-refractivity contribution in [2.75, 3.05) is 13.2 Å². The molecule has 0 unspecified atom stereocenters. The van der Waals surface area contributed by atoms with E-state index in [1.54, 1.807) is 13.0 Å². The van der Waals surface area contributed by atoms with E-state index in [2.05, 4.69) is 4.74 Å². The molecule has 3 rings (SSSR count). The molecule has 0 aliphatic heterocycles. The lowest BCUT2D eigenvalue weighted by molar-refractivity contribution is -0.275. The molecule has 0 heterocycles. The molecular formula is C19H25F3O3. The number of ether oxygens (including phenoxy) is 3. The van der Waals surface area contributed by atoms with Crippen molar-refractivity contribution in [3.05, 3.63) is 17.7 Å². The summed E-state index contributed by atoms with van der Waals surface area (Å²) < 4.78 is 54.0. The van der Waals surface area contributed by atoms with Gasteiger partial charge in [-0.15, -0.1) is 13.2 Å². The van der Waals surface area contributed by atoms with Crippen molar-refractivity contribution in [2.45, 2.75) is 58.2 Å². The van der Waals surface area contributed by atoms with Gasteiger partial charge in [-0.1, -0.05) is 25.7 Å². The van der Waals surface area contributed by atoms with Crippen molar-refractivity contribution in [3.63, 3.8) is 0 Å². The molecular weight excluding hydrogens is 333 g/mol. The first-order chi connectivity index (χ1) is 11.9. The third kappa shape index (κ3) is 4.95. The fraction of sp³-hybridized carbons (Fsp3) is 0.684. The summed E-state index contributed by atoms with van der Waals surface area (Å²) in [6.07, 6.45) is 3.14. The summed E-state index contributed by atoms with van der Waals surface area (Å²) in [4.78, 5) is 0. The Balaban J connectivity index is 1.68. The fourth-order valence-electron chi connectivity index (χ4n) is 3.15. The van der Waals surface area contributed by atoms with Gasteiger partial charge in [0.25, 0.3) is 0 Å². The molecule has 2 aliphatic rings. The maximum Gasteiger partial charge on any atom is 0.573 e. The lowest BCUT2D eigenvalue weighted by Gasteiger charge is -2.26. The first-order valence-electron chi connectivity index (χ1n) is 9.07. The Labute approximate surface area is 146 Å². The van der Waals surface area contributed by atoms with Gasteiger partial charge in [0.05, 0.1) is 13.2 Å². The predicted octanol–water partition coefficient (Wildman–Crippen LogP) is 5.64. The summed E-state index contributed by atoms with van der Waals surface area (Å²) in [5.41, 5.74) is 0.331. The van der Waals surface area contributed by atoms with Gasteiger partial charge in [0.1, 0.15) is 5.75 Å². The first kappa shape index (κ1) is 18.2. The molecule has 0 bridgehead atoms. The molecule has 6 heteroatoms. The Morgan fingerprint density at radius 2 is 1.60 bits per heavy atom. The van der Waals surface area contributed by atoms with Crippen LogP contribution in [0.4, 0.5) is 13.2 Å². The third-order valence-electron chi connectivity index (χ3n) is 5.25. The quantitative estimate of drug-likeness (QED) is 0.602. The molecule has 1 aromatic rings. The Hall–Kier alpha value is -1.59. The largest absolute Gasteiger partial charge is 0.573 e. The second-order valence-corrected chi connectivity index (χ2v) is 7.11. The van der Waals surface area contributed by atoms with Gasteiger partial charge in [-0.2, -0.15) is 0 Å². The van der Waals surface area contributed by atoms with Gasteiger partial charge in [0.2, 0.25) is 0 Å². The van der Waals surface area contributed by atoms with E-state index >= 15 is 0 Å². The number of hydrogen-bond donors (Lipinski definition) is 0. The van der Waals surface area contributed by atoms with Gasteiger partial charge in [-0.25, -0.2) is 0 Å². The van der Waals surface area contributed by atoms with Gasteiger partial charge >= 0.3 is 6.36 Å². The van der Waals surface area contributed by atoms with Crippen molar-refractivity contribution >= 4 is 0 Å². The maximum atomic E-state index is 12.8. The van der Waals surface area contributed by atoms with Crippen LogP contribution in [0.3, 0.4) is 0 Å². The van der Waals surface area contributed by atoms with Gasteiger partial charge in [-0.3, -0.25) is 0 Å². The Kier molecular flexibility index (Phi) is 5.64. The summed E-state index contributed by atoms with van der Waals surface area (Å²) >= 11 is 0. The van der Waals surface area contributed by atoms with Crippen LogP contribution in [0.15, 0.2) is 12.1 Å². The monoisotopic (exact) mass is 358 g/mol. The van der Waals surface area contributed by atoms with Gasteiger partial charge < -0.3 is 14.2 Å². The SMILES string of the molecule is Cc1c(OCC2CCC2)ccc(OCCC2CCC2)c1OC(F)(F)F. The zero-order valence-corrected chi connectivity index (χ0v) is 14.5. The van der Waals surface area contributed by atoms with Crippen molar-refractivity contribution in [2.24, 2.45) is 11.8 Å². The average molecular weight is 358 g/mol. The molecule has 0 radical (unpaired) electrons. The minimum Gasteiger partial charge on any atom is -0.493 e. The summed E-state index contributed by atoms with van der Waals surface area (Å²) in [7, 11) is 0. The molecule has 1 aromatic carbocycles.